The molecule has 0 aliphatic heterocycles. The predicted molar refractivity (Wildman–Crippen MR) is 90.2 cm³/mol. The molecule has 1 aliphatic rings. The Kier molecular flexibility index (Phi) is 3.71. The molecule has 0 atom stereocenters. The van der Waals surface area contributed by atoms with Crippen LogP contribution in [0, 0.1) is 17.5 Å². The van der Waals surface area contributed by atoms with Gasteiger partial charge in [-0.3, -0.25) is 4.98 Å². The van der Waals surface area contributed by atoms with Crippen LogP contribution < -0.4 is 4.74 Å². The van der Waals surface area contributed by atoms with E-state index in [-0.39, 0.29) is 11.7 Å². The van der Waals surface area contributed by atoms with E-state index in [1.165, 1.54) is 24.3 Å². The van der Waals surface area contributed by atoms with Gasteiger partial charge in [0.25, 0.3) is 0 Å². The normalized spacial score (nSPS) is 13.9. The van der Waals surface area contributed by atoms with Crippen molar-refractivity contribution in [2.24, 2.45) is 0 Å². The molecule has 3 aromatic rings. The molecule has 1 aliphatic carbocycles. The van der Waals surface area contributed by atoms with Crippen molar-refractivity contribution >= 4 is 17.0 Å². The zero-order valence-electron chi connectivity index (χ0n) is 13.2. The summed E-state index contributed by atoms with van der Waals surface area (Å²) in [5, 5.41) is 0.350. The molecule has 0 N–H and O–H groups in total. The van der Waals surface area contributed by atoms with Crippen LogP contribution in [0.4, 0.5) is 13.2 Å². The Labute approximate surface area is 142 Å². The first-order valence-corrected chi connectivity index (χ1v) is 7.95. The number of rotatable bonds is 4. The first-order valence-electron chi connectivity index (χ1n) is 7.95. The summed E-state index contributed by atoms with van der Waals surface area (Å²) >= 11 is 0. The van der Waals surface area contributed by atoms with Gasteiger partial charge in [0.05, 0.1) is 11.2 Å². The Balaban J connectivity index is 1.96. The molecule has 25 heavy (non-hydrogen) atoms. The molecule has 0 spiro atoms. The summed E-state index contributed by atoms with van der Waals surface area (Å²) in [5.74, 6) is -1.31. The summed E-state index contributed by atoms with van der Waals surface area (Å²) in [5.41, 5.74) is 1.75. The molecule has 2 aromatic carbocycles. The van der Waals surface area contributed by atoms with Crippen molar-refractivity contribution in [1.82, 2.24) is 4.98 Å². The van der Waals surface area contributed by atoms with Crippen molar-refractivity contribution in [2.75, 3.05) is 0 Å². The second kappa shape index (κ2) is 5.92. The van der Waals surface area contributed by atoms with Crippen molar-refractivity contribution in [3.63, 3.8) is 0 Å². The van der Waals surface area contributed by atoms with Gasteiger partial charge in [-0.05, 0) is 43.2 Å². The minimum atomic E-state index is -0.979. The smallest absolute Gasteiger partial charge is 0.161 e. The average Bonchev–Trinajstić information content (AvgIpc) is 3.43. The van der Waals surface area contributed by atoms with Crippen LogP contribution in [0.2, 0.25) is 0 Å². The summed E-state index contributed by atoms with van der Waals surface area (Å²) < 4.78 is 46.5. The van der Waals surface area contributed by atoms with Crippen LogP contribution >= 0.6 is 0 Å². The molecule has 0 bridgehead atoms. The molecular weight excluding hydrogens is 327 g/mol. The third-order valence-corrected chi connectivity index (χ3v) is 4.25. The maximum atomic E-state index is 13.8. The van der Waals surface area contributed by atoms with E-state index in [0.717, 1.165) is 30.7 Å². The number of hydrogen-bond acceptors (Lipinski definition) is 2. The third-order valence-electron chi connectivity index (χ3n) is 4.25. The minimum absolute atomic E-state index is 0.265. The molecule has 0 radical (unpaired) electrons. The topological polar surface area (TPSA) is 22.1 Å². The quantitative estimate of drug-likeness (QED) is 0.584. The van der Waals surface area contributed by atoms with Crippen LogP contribution in [0.25, 0.3) is 17.0 Å². The van der Waals surface area contributed by atoms with E-state index in [0.29, 0.717) is 28.0 Å². The summed E-state index contributed by atoms with van der Waals surface area (Å²) in [6.45, 7) is 3.82. The van der Waals surface area contributed by atoms with Gasteiger partial charge in [-0.25, -0.2) is 13.2 Å². The van der Waals surface area contributed by atoms with E-state index in [2.05, 4.69) is 11.6 Å². The number of fused-ring (bicyclic) bond motifs is 1. The van der Waals surface area contributed by atoms with Crippen LogP contribution in [0.3, 0.4) is 0 Å². The maximum Gasteiger partial charge on any atom is 0.161 e. The van der Waals surface area contributed by atoms with E-state index in [4.69, 9.17) is 4.74 Å². The first kappa shape index (κ1) is 15.7. The lowest BCUT2D eigenvalue weighted by molar-refractivity contribution is 0.481. The number of nitrogens with zero attached hydrogens (tertiary/aromatic N) is 1. The molecule has 1 saturated carbocycles. The van der Waals surface area contributed by atoms with E-state index in [1.54, 1.807) is 6.08 Å². The lowest BCUT2D eigenvalue weighted by Crippen LogP contribution is -2.00. The lowest BCUT2D eigenvalue weighted by Gasteiger charge is -2.16. The molecule has 1 fully saturated rings. The minimum Gasteiger partial charge on any atom is -0.456 e. The molecule has 1 aromatic heterocycles. The second-order valence-electron chi connectivity index (χ2n) is 6.06. The summed E-state index contributed by atoms with van der Waals surface area (Å²) in [4.78, 5) is 4.51. The summed E-state index contributed by atoms with van der Waals surface area (Å²) in [6.07, 6.45) is 3.58. The number of hydrogen-bond donors (Lipinski definition) is 0. The molecule has 126 valence electrons. The maximum absolute atomic E-state index is 13.8. The van der Waals surface area contributed by atoms with Gasteiger partial charge in [0.1, 0.15) is 17.3 Å². The molecule has 5 heteroatoms. The largest absolute Gasteiger partial charge is 0.456 e. The van der Waals surface area contributed by atoms with E-state index < -0.39 is 11.6 Å². The SMILES string of the molecule is C=Cc1c(C2CC2)nc2cc(F)c(F)cc2c1Oc1ccc(F)cc1. The van der Waals surface area contributed by atoms with Crippen molar-refractivity contribution in [1.29, 1.82) is 0 Å². The molecule has 0 unspecified atom stereocenters. The number of aromatic nitrogens is 1. The zero-order chi connectivity index (χ0) is 17.6. The predicted octanol–water partition coefficient (Wildman–Crippen LogP) is 5.96. The highest BCUT2D eigenvalue weighted by Gasteiger charge is 2.30. The number of ether oxygens (including phenoxy) is 1. The second-order valence-corrected chi connectivity index (χ2v) is 6.06. The molecule has 0 saturated heterocycles. The standard InChI is InChI=1S/C20H14F3NO/c1-2-14-19(11-3-4-11)24-18-10-17(23)16(22)9-15(18)20(14)25-13-7-5-12(21)6-8-13/h2,5-11H,1,3-4H2. The molecular formula is C20H14F3NO. The van der Waals surface area contributed by atoms with Crippen LogP contribution in [0.15, 0.2) is 43.0 Å². The highest BCUT2D eigenvalue weighted by Crippen LogP contribution is 2.46. The molecule has 1 heterocycles. The van der Waals surface area contributed by atoms with Gasteiger partial charge in [0.2, 0.25) is 0 Å². The monoisotopic (exact) mass is 341 g/mol. The summed E-state index contributed by atoms with van der Waals surface area (Å²) in [7, 11) is 0. The van der Waals surface area contributed by atoms with Crippen LogP contribution in [0.1, 0.15) is 30.0 Å². The van der Waals surface area contributed by atoms with Gasteiger partial charge in [-0.2, -0.15) is 0 Å². The van der Waals surface area contributed by atoms with Gasteiger partial charge < -0.3 is 4.74 Å². The Bertz CT molecular complexity index is 979. The number of pyridine rings is 1. The van der Waals surface area contributed by atoms with Crippen molar-refractivity contribution in [3.05, 3.63) is 71.7 Å². The Hall–Kier alpha value is -2.82. The van der Waals surface area contributed by atoms with E-state index in [1.807, 2.05) is 0 Å². The van der Waals surface area contributed by atoms with E-state index in [9.17, 15) is 13.2 Å². The molecule has 2 nitrogen and oxygen atoms in total. The average molecular weight is 341 g/mol. The Morgan fingerprint density at radius 3 is 2.36 bits per heavy atom. The fourth-order valence-electron chi connectivity index (χ4n) is 2.86. The Morgan fingerprint density at radius 1 is 1.04 bits per heavy atom. The van der Waals surface area contributed by atoms with Gasteiger partial charge in [0, 0.05) is 22.9 Å². The molecule has 4 rings (SSSR count). The Morgan fingerprint density at radius 2 is 1.72 bits per heavy atom. The highest BCUT2D eigenvalue weighted by atomic mass is 19.2. The van der Waals surface area contributed by atoms with Gasteiger partial charge in [-0.15, -0.1) is 0 Å². The summed E-state index contributed by atoms with van der Waals surface area (Å²) in [6, 6.07) is 7.64. The van der Waals surface area contributed by atoms with Crippen molar-refractivity contribution < 1.29 is 17.9 Å². The number of halogens is 3. The highest BCUT2D eigenvalue weighted by molar-refractivity contribution is 5.90. The van der Waals surface area contributed by atoms with Crippen LogP contribution in [0.5, 0.6) is 11.5 Å². The van der Waals surface area contributed by atoms with Gasteiger partial charge in [0.15, 0.2) is 11.6 Å². The third kappa shape index (κ3) is 2.86. The fraction of sp³-hybridized carbons (Fsp3) is 0.150. The molecule has 0 amide bonds. The first-order chi connectivity index (χ1) is 12.1. The van der Waals surface area contributed by atoms with Crippen LogP contribution in [-0.2, 0) is 0 Å². The van der Waals surface area contributed by atoms with Crippen molar-refractivity contribution in [3.8, 4) is 11.5 Å². The fourth-order valence-corrected chi connectivity index (χ4v) is 2.86. The zero-order valence-corrected chi connectivity index (χ0v) is 13.2. The van der Waals surface area contributed by atoms with Gasteiger partial charge >= 0.3 is 0 Å². The van der Waals surface area contributed by atoms with Gasteiger partial charge in [-0.1, -0.05) is 12.7 Å². The lowest BCUT2D eigenvalue weighted by atomic mass is 10.0. The van der Waals surface area contributed by atoms with Crippen molar-refractivity contribution in [2.45, 2.75) is 18.8 Å². The van der Waals surface area contributed by atoms with E-state index >= 15 is 0 Å². The van der Waals surface area contributed by atoms with Crippen LogP contribution in [-0.4, -0.2) is 4.98 Å². The number of benzene rings is 2.